The van der Waals surface area contributed by atoms with Crippen molar-refractivity contribution in [2.45, 2.75) is 25.9 Å². The molecule has 1 aromatic heterocycles. The minimum Gasteiger partial charge on any atom is -0.293 e. The SMILES string of the molecule is CCC(C(=O)C[n+]1ccsc1N)N1C(=O)c2ccccc2C1=O. The summed E-state index contributed by atoms with van der Waals surface area (Å²) in [6.07, 6.45) is 2.09. The maximum absolute atomic E-state index is 12.6. The predicted molar refractivity (Wildman–Crippen MR) is 85.0 cm³/mol. The molecule has 0 fully saturated rings. The number of benzene rings is 1. The van der Waals surface area contributed by atoms with Crippen LogP contribution in [-0.4, -0.2) is 28.5 Å². The number of hydrogen-bond donors (Lipinski definition) is 1. The minimum atomic E-state index is -0.783. The minimum absolute atomic E-state index is 0.0429. The van der Waals surface area contributed by atoms with Gasteiger partial charge in [0.2, 0.25) is 0 Å². The Morgan fingerprint density at radius 2 is 1.87 bits per heavy atom. The van der Waals surface area contributed by atoms with Crippen molar-refractivity contribution in [1.82, 2.24) is 4.90 Å². The van der Waals surface area contributed by atoms with Gasteiger partial charge in [-0.25, -0.2) is 4.57 Å². The van der Waals surface area contributed by atoms with Crippen molar-refractivity contribution in [3.8, 4) is 0 Å². The number of amides is 2. The molecule has 3 rings (SSSR count). The number of nitrogens with two attached hydrogens (primary N) is 1. The van der Waals surface area contributed by atoms with E-state index in [2.05, 4.69) is 0 Å². The smallest absolute Gasteiger partial charge is 0.293 e. The Hall–Kier alpha value is -2.54. The molecule has 2 heterocycles. The summed E-state index contributed by atoms with van der Waals surface area (Å²) in [6, 6.07) is 5.85. The number of ketones is 1. The maximum Gasteiger partial charge on any atom is 0.331 e. The zero-order chi connectivity index (χ0) is 16.6. The van der Waals surface area contributed by atoms with Crippen molar-refractivity contribution in [3.05, 3.63) is 47.0 Å². The Bertz CT molecular complexity index is 764. The topological polar surface area (TPSA) is 84.3 Å². The first-order valence-electron chi connectivity index (χ1n) is 7.26. The average molecular weight is 330 g/mol. The number of aromatic nitrogens is 1. The van der Waals surface area contributed by atoms with Gasteiger partial charge in [-0.1, -0.05) is 30.4 Å². The highest BCUT2D eigenvalue weighted by molar-refractivity contribution is 7.12. The molecule has 1 aliphatic heterocycles. The molecule has 6 nitrogen and oxygen atoms in total. The number of carbonyl (C=O) groups is 3. The molecule has 0 radical (unpaired) electrons. The van der Waals surface area contributed by atoms with Crippen LogP contribution in [0, 0.1) is 0 Å². The van der Waals surface area contributed by atoms with Gasteiger partial charge in [-0.2, -0.15) is 0 Å². The second-order valence-corrected chi connectivity index (χ2v) is 6.21. The lowest BCUT2D eigenvalue weighted by Crippen LogP contribution is -2.50. The molecule has 2 amide bonds. The first-order chi connectivity index (χ1) is 11.0. The van der Waals surface area contributed by atoms with Gasteiger partial charge >= 0.3 is 5.13 Å². The fourth-order valence-corrected chi connectivity index (χ4v) is 3.37. The number of carbonyl (C=O) groups excluding carboxylic acids is 3. The third-order valence-electron chi connectivity index (χ3n) is 3.93. The largest absolute Gasteiger partial charge is 0.331 e. The Labute approximate surface area is 137 Å². The molecule has 0 saturated heterocycles. The summed E-state index contributed by atoms with van der Waals surface area (Å²) in [5.41, 5.74) is 6.50. The first kappa shape index (κ1) is 15.4. The van der Waals surface area contributed by atoms with E-state index in [0.717, 1.165) is 4.90 Å². The summed E-state index contributed by atoms with van der Waals surface area (Å²) in [7, 11) is 0. The normalized spacial score (nSPS) is 14.9. The van der Waals surface area contributed by atoms with Gasteiger partial charge < -0.3 is 0 Å². The van der Waals surface area contributed by atoms with Crippen molar-refractivity contribution in [2.24, 2.45) is 0 Å². The fourth-order valence-electron chi connectivity index (χ4n) is 2.76. The fraction of sp³-hybridized carbons (Fsp3) is 0.250. The Morgan fingerprint density at radius 3 is 2.35 bits per heavy atom. The molecule has 23 heavy (non-hydrogen) atoms. The summed E-state index contributed by atoms with van der Waals surface area (Å²) in [5.74, 6) is -1.03. The summed E-state index contributed by atoms with van der Waals surface area (Å²) in [4.78, 5) is 38.7. The van der Waals surface area contributed by atoms with Crippen LogP contribution in [0.1, 0.15) is 34.1 Å². The number of thiazole rings is 1. The monoisotopic (exact) mass is 330 g/mol. The van der Waals surface area contributed by atoms with Gasteiger partial charge in [0, 0.05) is 5.38 Å². The summed E-state index contributed by atoms with van der Waals surface area (Å²) in [6.45, 7) is 1.83. The standard InChI is InChI=1S/C16H15N3O3S/c1-2-12(13(20)9-18-7-8-23-16(18)17)19-14(21)10-5-3-4-6-11(10)15(19)22/h3-8,12,17H,2,9H2,1H3/p+1. The lowest BCUT2D eigenvalue weighted by molar-refractivity contribution is -0.665. The van der Waals surface area contributed by atoms with E-state index in [-0.39, 0.29) is 12.3 Å². The molecule has 118 valence electrons. The number of hydrogen-bond acceptors (Lipinski definition) is 5. The Balaban J connectivity index is 1.87. The van der Waals surface area contributed by atoms with Crippen LogP contribution in [0.5, 0.6) is 0 Å². The molecule has 2 aromatic rings. The van der Waals surface area contributed by atoms with Crippen LogP contribution >= 0.6 is 11.3 Å². The molecule has 0 bridgehead atoms. The van der Waals surface area contributed by atoms with Gasteiger partial charge in [0.25, 0.3) is 11.8 Å². The highest BCUT2D eigenvalue weighted by atomic mass is 32.1. The molecule has 1 aromatic carbocycles. The van der Waals surface area contributed by atoms with Gasteiger partial charge in [-0.3, -0.25) is 25.0 Å². The van der Waals surface area contributed by atoms with E-state index in [9.17, 15) is 14.4 Å². The van der Waals surface area contributed by atoms with Gasteiger partial charge in [0.05, 0.1) is 11.1 Å². The molecular formula is C16H16N3O3S+. The molecule has 7 heteroatoms. The molecule has 2 N–H and O–H groups in total. The van der Waals surface area contributed by atoms with Crippen LogP contribution in [-0.2, 0) is 11.3 Å². The Kier molecular flexibility index (Phi) is 3.96. The number of imide groups is 1. The van der Waals surface area contributed by atoms with Crippen LogP contribution in [0.25, 0.3) is 0 Å². The van der Waals surface area contributed by atoms with Crippen LogP contribution in [0.15, 0.2) is 35.8 Å². The Morgan fingerprint density at radius 1 is 1.26 bits per heavy atom. The zero-order valence-electron chi connectivity index (χ0n) is 12.6. The van der Waals surface area contributed by atoms with E-state index in [1.807, 2.05) is 0 Å². The molecule has 1 aliphatic rings. The van der Waals surface area contributed by atoms with Crippen molar-refractivity contribution < 1.29 is 19.0 Å². The van der Waals surface area contributed by atoms with Crippen LogP contribution in [0.2, 0.25) is 0 Å². The van der Waals surface area contributed by atoms with Crippen LogP contribution < -0.4 is 10.3 Å². The summed E-state index contributed by atoms with van der Waals surface area (Å²) >= 11 is 1.33. The van der Waals surface area contributed by atoms with E-state index in [4.69, 9.17) is 5.73 Å². The number of rotatable bonds is 5. The number of nitrogens with zero attached hydrogens (tertiary/aromatic N) is 2. The van der Waals surface area contributed by atoms with Gasteiger partial charge in [0.1, 0.15) is 12.2 Å². The lowest BCUT2D eigenvalue weighted by Gasteiger charge is -2.23. The highest BCUT2D eigenvalue weighted by Gasteiger charge is 2.42. The third kappa shape index (κ3) is 2.53. The van der Waals surface area contributed by atoms with Gasteiger partial charge in [-0.05, 0) is 18.6 Å². The summed E-state index contributed by atoms with van der Waals surface area (Å²) < 4.78 is 1.62. The number of nitrogen functional groups attached to an aromatic ring is 1. The van der Waals surface area contributed by atoms with Crippen molar-refractivity contribution in [2.75, 3.05) is 5.73 Å². The van der Waals surface area contributed by atoms with E-state index in [1.54, 1.807) is 47.3 Å². The van der Waals surface area contributed by atoms with Crippen LogP contribution in [0.4, 0.5) is 5.13 Å². The van der Waals surface area contributed by atoms with E-state index >= 15 is 0 Å². The van der Waals surface area contributed by atoms with Crippen molar-refractivity contribution in [3.63, 3.8) is 0 Å². The molecule has 1 atom stereocenters. The predicted octanol–water partition coefficient (Wildman–Crippen LogP) is 1.26. The zero-order valence-corrected chi connectivity index (χ0v) is 13.4. The third-order valence-corrected chi connectivity index (χ3v) is 4.67. The van der Waals surface area contributed by atoms with Crippen LogP contribution in [0.3, 0.4) is 0 Å². The van der Waals surface area contributed by atoms with Crippen molar-refractivity contribution >= 4 is 34.1 Å². The number of fused-ring (bicyclic) bond motifs is 1. The van der Waals surface area contributed by atoms with E-state index in [0.29, 0.717) is 22.7 Å². The molecule has 0 saturated carbocycles. The average Bonchev–Trinajstić information content (AvgIpc) is 3.05. The quantitative estimate of drug-likeness (QED) is 0.661. The highest BCUT2D eigenvalue weighted by Crippen LogP contribution is 2.25. The second-order valence-electron chi connectivity index (χ2n) is 5.29. The summed E-state index contributed by atoms with van der Waals surface area (Å²) in [5, 5.41) is 2.29. The number of Topliss-reactive ketones (excluding diaryl/α,β-unsaturated/α-hetero) is 1. The maximum atomic E-state index is 12.6. The van der Waals surface area contributed by atoms with Crippen molar-refractivity contribution in [1.29, 1.82) is 0 Å². The van der Waals surface area contributed by atoms with Gasteiger partial charge in [0.15, 0.2) is 12.3 Å². The number of anilines is 1. The second kappa shape index (κ2) is 5.92. The van der Waals surface area contributed by atoms with Gasteiger partial charge in [-0.15, -0.1) is 0 Å². The molecular weight excluding hydrogens is 314 g/mol. The molecule has 0 spiro atoms. The molecule has 0 aliphatic carbocycles. The lowest BCUT2D eigenvalue weighted by atomic mass is 10.1. The van der Waals surface area contributed by atoms with E-state index in [1.165, 1.54) is 11.3 Å². The first-order valence-corrected chi connectivity index (χ1v) is 8.14. The molecule has 1 unspecified atom stereocenters. The van der Waals surface area contributed by atoms with E-state index < -0.39 is 17.9 Å².